The fourth-order valence-corrected chi connectivity index (χ4v) is 6.21. The number of hydrogen-bond donors (Lipinski definition) is 1. The maximum atomic E-state index is 12.7. The van der Waals surface area contributed by atoms with E-state index in [1.54, 1.807) is 8.61 Å². The topological polar surface area (TPSA) is 77.9 Å². The fourth-order valence-electron chi connectivity index (χ4n) is 4.09. The van der Waals surface area contributed by atoms with Gasteiger partial charge in [0, 0.05) is 31.6 Å². The fraction of sp³-hybridized carbons (Fsp3) is 0.923. The van der Waals surface area contributed by atoms with Crippen molar-refractivity contribution < 1.29 is 18.3 Å². The Morgan fingerprint density at radius 2 is 1.65 bits per heavy atom. The first kappa shape index (κ1) is 14.3. The first-order valence-electron chi connectivity index (χ1n) is 7.49. The van der Waals surface area contributed by atoms with Crippen LogP contribution in [0.15, 0.2) is 0 Å². The van der Waals surface area contributed by atoms with E-state index in [0.717, 1.165) is 25.7 Å². The summed E-state index contributed by atoms with van der Waals surface area (Å²) < 4.78 is 28.7. The number of carboxylic acids is 1. The van der Waals surface area contributed by atoms with E-state index in [9.17, 15) is 13.2 Å². The third-order valence-corrected chi connectivity index (χ3v) is 7.03. The van der Waals surface area contributed by atoms with Crippen molar-refractivity contribution in [3.63, 3.8) is 0 Å². The minimum Gasteiger partial charge on any atom is -0.481 e. The van der Waals surface area contributed by atoms with Crippen molar-refractivity contribution in [2.45, 2.75) is 57.0 Å². The Morgan fingerprint density at radius 1 is 1.10 bits per heavy atom. The van der Waals surface area contributed by atoms with Crippen molar-refractivity contribution in [2.24, 2.45) is 5.92 Å². The second-order valence-corrected chi connectivity index (χ2v) is 8.10. The van der Waals surface area contributed by atoms with Crippen LogP contribution in [-0.4, -0.2) is 53.3 Å². The zero-order valence-electron chi connectivity index (χ0n) is 11.6. The minimum absolute atomic E-state index is 0.0173. The second kappa shape index (κ2) is 5.27. The van der Waals surface area contributed by atoms with Crippen molar-refractivity contribution in [2.75, 3.05) is 13.1 Å². The molecular weight excluding hydrogens is 280 g/mol. The Labute approximate surface area is 119 Å². The van der Waals surface area contributed by atoms with Gasteiger partial charge in [0.15, 0.2) is 0 Å². The Hall–Kier alpha value is -0.660. The van der Waals surface area contributed by atoms with Crippen molar-refractivity contribution >= 4 is 16.2 Å². The Bertz CT molecular complexity index is 473. The Kier molecular flexibility index (Phi) is 3.77. The van der Waals surface area contributed by atoms with Crippen molar-refractivity contribution in [3.05, 3.63) is 0 Å². The average molecular weight is 302 g/mol. The summed E-state index contributed by atoms with van der Waals surface area (Å²) in [6.07, 6.45) is 5.24. The maximum Gasteiger partial charge on any atom is 0.303 e. The largest absolute Gasteiger partial charge is 0.481 e. The van der Waals surface area contributed by atoms with Gasteiger partial charge < -0.3 is 5.11 Å². The summed E-state index contributed by atoms with van der Waals surface area (Å²) >= 11 is 0. The number of rotatable bonds is 4. The van der Waals surface area contributed by atoms with Crippen LogP contribution in [0.1, 0.15) is 44.9 Å². The lowest BCUT2D eigenvalue weighted by Gasteiger charge is -2.39. The molecule has 114 valence electrons. The van der Waals surface area contributed by atoms with Gasteiger partial charge in [-0.05, 0) is 44.4 Å². The van der Waals surface area contributed by atoms with Gasteiger partial charge in [-0.15, -0.1) is 0 Å². The molecule has 0 aromatic carbocycles. The van der Waals surface area contributed by atoms with Crippen LogP contribution >= 0.6 is 0 Å². The first-order chi connectivity index (χ1) is 9.48. The van der Waals surface area contributed by atoms with E-state index in [1.807, 2.05) is 0 Å². The van der Waals surface area contributed by atoms with Crippen LogP contribution in [0.25, 0.3) is 0 Å². The van der Waals surface area contributed by atoms with Crippen LogP contribution in [0.2, 0.25) is 0 Å². The molecule has 20 heavy (non-hydrogen) atoms. The predicted octanol–water partition coefficient (Wildman–Crippen LogP) is 1.04. The lowest BCUT2D eigenvalue weighted by atomic mass is 9.90. The van der Waals surface area contributed by atoms with Gasteiger partial charge in [0.2, 0.25) is 0 Å². The first-order valence-corrected chi connectivity index (χ1v) is 8.88. The highest BCUT2D eigenvalue weighted by atomic mass is 32.2. The summed E-state index contributed by atoms with van der Waals surface area (Å²) in [5, 5.41) is 8.92. The molecule has 2 bridgehead atoms. The lowest BCUT2D eigenvalue weighted by molar-refractivity contribution is -0.138. The molecule has 0 amide bonds. The molecule has 3 fully saturated rings. The zero-order valence-corrected chi connectivity index (χ0v) is 12.4. The monoisotopic (exact) mass is 302 g/mol. The van der Waals surface area contributed by atoms with Gasteiger partial charge in [0.25, 0.3) is 10.2 Å². The quantitative estimate of drug-likeness (QED) is 0.842. The maximum absolute atomic E-state index is 12.7. The third kappa shape index (κ3) is 2.46. The van der Waals surface area contributed by atoms with Gasteiger partial charge in [0.05, 0.1) is 0 Å². The summed E-state index contributed by atoms with van der Waals surface area (Å²) in [5.74, 6) is -0.639. The highest BCUT2D eigenvalue weighted by molar-refractivity contribution is 7.86. The smallest absolute Gasteiger partial charge is 0.303 e. The number of nitrogens with zero attached hydrogens (tertiary/aromatic N) is 2. The van der Waals surface area contributed by atoms with Gasteiger partial charge >= 0.3 is 5.97 Å². The molecule has 0 aromatic rings. The average Bonchev–Trinajstić information content (AvgIpc) is 2.96. The molecule has 2 atom stereocenters. The highest BCUT2D eigenvalue weighted by Crippen LogP contribution is 2.42. The molecule has 0 spiro atoms. The molecule has 3 saturated heterocycles. The normalized spacial score (nSPS) is 35.5. The van der Waals surface area contributed by atoms with Crippen molar-refractivity contribution in [1.29, 1.82) is 0 Å². The van der Waals surface area contributed by atoms with Gasteiger partial charge in [-0.3, -0.25) is 4.79 Å². The van der Waals surface area contributed by atoms with Gasteiger partial charge in [-0.1, -0.05) is 0 Å². The van der Waals surface area contributed by atoms with Gasteiger partial charge in [-0.25, -0.2) is 0 Å². The Morgan fingerprint density at radius 3 is 2.15 bits per heavy atom. The molecule has 3 rings (SSSR count). The molecule has 0 aromatic heterocycles. The van der Waals surface area contributed by atoms with E-state index in [4.69, 9.17) is 5.11 Å². The molecule has 0 aliphatic carbocycles. The summed E-state index contributed by atoms with van der Waals surface area (Å²) in [4.78, 5) is 10.8. The number of carboxylic acid groups (broad SMARTS) is 1. The number of fused-ring (bicyclic) bond motifs is 2. The minimum atomic E-state index is -3.33. The van der Waals surface area contributed by atoms with E-state index >= 15 is 0 Å². The molecule has 1 N–H and O–H groups in total. The van der Waals surface area contributed by atoms with Crippen LogP contribution in [-0.2, 0) is 15.0 Å². The Balaban J connectivity index is 1.75. The van der Waals surface area contributed by atoms with Crippen LogP contribution < -0.4 is 0 Å². The molecule has 0 saturated carbocycles. The van der Waals surface area contributed by atoms with Crippen molar-refractivity contribution in [3.8, 4) is 0 Å². The molecule has 0 radical (unpaired) electrons. The van der Waals surface area contributed by atoms with E-state index in [2.05, 4.69) is 0 Å². The standard InChI is InChI=1S/C13H22N2O4S/c16-13(17)9-10-7-11-3-4-12(8-10)15(11)20(18,19)14-5-1-2-6-14/h10-12H,1-9H2,(H,16,17). The molecule has 7 heteroatoms. The predicted molar refractivity (Wildman–Crippen MR) is 73.4 cm³/mol. The third-order valence-electron chi connectivity index (χ3n) is 4.88. The summed E-state index contributed by atoms with van der Waals surface area (Å²) in [6, 6.07) is 0.0346. The highest BCUT2D eigenvalue weighted by Gasteiger charge is 2.48. The van der Waals surface area contributed by atoms with Crippen molar-refractivity contribution in [1.82, 2.24) is 8.61 Å². The van der Waals surface area contributed by atoms with E-state index in [-0.39, 0.29) is 24.4 Å². The number of carbonyl (C=O) groups is 1. The molecule has 2 unspecified atom stereocenters. The summed E-state index contributed by atoms with van der Waals surface area (Å²) in [7, 11) is -3.33. The van der Waals surface area contributed by atoms with Crippen LogP contribution in [0.5, 0.6) is 0 Å². The number of piperidine rings is 1. The summed E-state index contributed by atoms with van der Waals surface area (Å²) in [5.41, 5.74) is 0. The zero-order chi connectivity index (χ0) is 14.3. The van der Waals surface area contributed by atoms with Crippen LogP contribution in [0.3, 0.4) is 0 Å². The lowest BCUT2D eigenvalue weighted by Crippen LogP contribution is -2.52. The van der Waals surface area contributed by atoms with Crippen LogP contribution in [0.4, 0.5) is 0 Å². The molecule has 3 aliphatic rings. The molecule has 3 heterocycles. The van der Waals surface area contributed by atoms with Gasteiger partial charge in [0.1, 0.15) is 0 Å². The molecule has 3 aliphatic heterocycles. The second-order valence-electron chi connectivity index (χ2n) is 6.26. The molecular formula is C13H22N2O4S. The van der Waals surface area contributed by atoms with Gasteiger partial charge in [-0.2, -0.15) is 17.0 Å². The summed E-state index contributed by atoms with van der Waals surface area (Å²) in [6.45, 7) is 1.27. The number of aliphatic carboxylic acids is 1. The van der Waals surface area contributed by atoms with E-state index in [1.165, 1.54) is 0 Å². The SMILES string of the molecule is O=C(O)CC1CC2CCC(C1)N2S(=O)(=O)N1CCCC1. The van der Waals surface area contributed by atoms with Crippen LogP contribution in [0, 0.1) is 5.92 Å². The number of hydrogen-bond acceptors (Lipinski definition) is 3. The van der Waals surface area contributed by atoms with E-state index < -0.39 is 16.2 Å². The van der Waals surface area contributed by atoms with E-state index in [0.29, 0.717) is 25.9 Å². The molecule has 6 nitrogen and oxygen atoms in total.